The maximum atomic E-state index is 10.4. The fourth-order valence-electron chi connectivity index (χ4n) is 3.45. The molecule has 1 saturated carbocycles. The Labute approximate surface area is 109 Å². The third-order valence-corrected chi connectivity index (χ3v) is 5.40. The highest BCUT2D eigenvalue weighted by Gasteiger charge is 2.40. The Morgan fingerprint density at radius 3 is 2.59 bits per heavy atom. The molecule has 0 spiro atoms. The van der Waals surface area contributed by atoms with Crippen molar-refractivity contribution >= 4 is 11.3 Å². The Bertz CT molecular complexity index is 380. The highest BCUT2D eigenvalue weighted by Crippen LogP contribution is 2.44. The van der Waals surface area contributed by atoms with Gasteiger partial charge in [0.1, 0.15) is 0 Å². The molecule has 0 saturated heterocycles. The summed E-state index contributed by atoms with van der Waals surface area (Å²) >= 11 is 1.82. The van der Waals surface area contributed by atoms with Gasteiger partial charge in [0.15, 0.2) is 0 Å². The second-order valence-corrected chi connectivity index (χ2v) is 7.32. The van der Waals surface area contributed by atoms with Crippen LogP contribution in [0.5, 0.6) is 0 Å². The van der Waals surface area contributed by atoms with E-state index in [2.05, 4.69) is 39.1 Å². The van der Waals surface area contributed by atoms with Crippen molar-refractivity contribution in [2.45, 2.75) is 58.5 Å². The van der Waals surface area contributed by atoms with Gasteiger partial charge in [0.25, 0.3) is 0 Å². The minimum absolute atomic E-state index is 0.101. The molecule has 96 valence electrons. The molecule has 0 amide bonds. The van der Waals surface area contributed by atoms with Gasteiger partial charge in [0.05, 0.1) is 6.10 Å². The first-order chi connectivity index (χ1) is 7.93. The van der Waals surface area contributed by atoms with E-state index in [1.54, 1.807) is 0 Å². The van der Waals surface area contributed by atoms with Crippen molar-refractivity contribution in [2.24, 2.45) is 11.8 Å². The summed E-state index contributed by atoms with van der Waals surface area (Å²) in [6.07, 6.45) is 3.25. The van der Waals surface area contributed by atoms with E-state index < -0.39 is 0 Å². The number of rotatable bonds is 2. The van der Waals surface area contributed by atoms with Gasteiger partial charge in [-0.2, -0.15) is 0 Å². The van der Waals surface area contributed by atoms with Gasteiger partial charge >= 0.3 is 0 Å². The topological polar surface area (TPSA) is 20.2 Å². The molecule has 2 heteroatoms. The van der Waals surface area contributed by atoms with Crippen molar-refractivity contribution in [1.29, 1.82) is 0 Å². The van der Waals surface area contributed by atoms with Gasteiger partial charge in [-0.3, -0.25) is 0 Å². The van der Waals surface area contributed by atoms with E-state index in [9.17, 15) is 5.11 Å². The van der Waals surface area contributed by atoms with E-state index in [1.165, 1.54) is 16.9 Å². The Morgan fingerprint density at radius 1 is 1.35 bits per heavy atom. The number of aliphatic hydroxyl groups is 1. The first-order valence-corrected chi connectivity index (χ1v) is 7.53. The molecule has 1 heterocycles. The first-order valence-electron chi connectivity index (χ1n) is 6.65. The highest BCUT2D eigenvalue weighted by atomic mass is 32.1. The van der Waals surface area contributed by atoms with Crippen LogP contribution in [-0.4, -0.2) is 11.2 Å². The van der Waals surface area contributed by atoms with Crippen LogP contribution in [0.25, 0.3) is 0 Å². The molecule has 1 fully saturated rings. The third-order valence-electron chi connectivity index (χ3n) is 4.56. The molecular formula is C15H24OS. The fraction of sp³-hybridized carbons (Fsp3) is 0.733. The quantitative estimate of drug-likeness (QED) is 0.839. The summed E-state index contributed by atoms with van der Waals surface area (Å²) in [5.74, 6) is 1.09. The van der Waals surface area contributed by atoms with Crippen LogP contribution in [0.2, 0.25) is 0 Å². The maximum Gasteiger partial charge on any atom is 0.0579 e. The van der Waals surface area contributed by atoms with Crippen molar-refractivity contribution in [1.82, 2.24) is 0 Å². The normalized spacial score (nSPS) is 30.5. The van der Waals surface area contributed by atoms with E-state index in [4.69, 9.17) is 0 Å². The lowest BCUT2D eigenvalue weighted by Crippen LogP contribution is -2.41. The van der Waals surface area contributed by atoms with Crippen molar-refractivity contribution < 1.29 is 5.11 Å². The standard InChI is InChI=1S/C15H24OS/c1-10-5-6-13(14(16)9-10)15(3,4)12-7-8-17-11(12)2/h7-8,10,13-14,16H,5-6,9H2,1-4H3. The number of thiophene rings is 1. The van der Waals surface area contributed by atoms with Crippen LogP contribution in [0.3, 0.4) is 0 Å². The number of hydrogen-bond donors (Lipinski definition) is 1. The molecule has 0 aliphatic heterocycles. The van der Waals surface area contributed by atoms with E-state index >= 15 is 0 Å². The Morgan fingerprint density at radius 2 is 2.06 bits per heavy atom. The van der Waals surface area contributed by atoms with Crippen molar-refractivity contribution in [2.75, 3.05) is 0 Å². The second kappa shape index (κ2) is 4.74. The largest absolute Gasteiger partial charge is 0.393 e. The van der Waals surface area contributed by atoms with Gasteiger partial charge in [-0.1, -0.05) is 27.2 Å². The molecule has 0 aromatic carbocycles. The van der Waals surface area contributed by atoms with Gasteiger partial charge < -0.3 is 5.11 Å². The molecule has 3 unspecified atom stereocenters. The van der Waals surface area contributed by atoms with E-state index in [1.807, 2.05) is 11.3 Å². The summed E-state index contributed by atoms with van der Waals surface area (Å²) in [5.41, 5.74) is 1.53. The SMILES string of the molecule is Cc1sccc1C(C)(C)C1CCC(C)CC1O. The monoisotopic (exact) mass is 252 g/mol. The molecule has 0 bridgehead atoms. The summed E-state index contributed by atoms with van der Waals surface area (Å²) in [5, 5.41) is 12.5. The Hall–Kier alpha value is -0.340. The predicted molar refractivity (Wildman–Crippen MR) is 74.6 cm³/mol. The molecule has 3 atom stereocenters. The zero-order valence-corrected chi connectivity index (χ0v) is 12.2. The lowest BCUT2D eigenvalue weighted by Gasteiger charge is -2.42. The smallest absolute Gasteiger partial charge is 0.0579 e. The summed E-state index contributed by atoms with van der Waals surface area (Å²) in [6, 6.07) is 2.24. The predicted octanol–water partition coefficient (Wildman–Crippen LogP) is 4.13. The third kappa shape index (κ3) is 2.43. The molecule has 0 radical (unpaired) electrons. The molecule has 1 aliphatic rings. The van der Waals surface area contributed by atoms with E-state index in [-0.39, 0.29) is 11.5 Å². The molecule has 2 rings (SSSR count). The number of aryl methyl sites for hydroxylation is 1. The average Bonchev–Trinajstić information content (AvgIpc) is 2.64. The van der Waals surface area contributed by atoms with Crippen LogP contribution in [0, 0.1) is 18.8 Å². The van der Waals surface area contributed by atoms with Gasteiger partial charge in [-0.15, -0.1) is 11.3 Å². The van der Waals surface area contributed by atoms with Crippen LogP contribution < -0.4 is 0 Å². The van der Waals surface area contributed by atoms with Gasteiger partial charge in [0.2, 0.25) is 0 Å². The van der Waals surface area contributed by atoms with Crippen LogP contribution in [0.15, 0.2) is 11.4 Å². The molecule has 1 aliphatic carbocycles. The minimum Gasteiger partial charge on any atom is -0.393 e. The fourth-order valence-corrected chi connectivity index (χ4v) is 4.31. The lowest BCUT2D eigenvalue weighted by molar-refractivity contribution is 0.0143. The molecule has 1 aromatic rings. The van der Waals surface area contributed by atoms with E-state index in [0.717, 1.165) is 12.8 Å². The van der Waals surface area contributed by atoms with Crippen molar-refractivity contribution in [3.63, 3.8) is 0 Å². The van der Waals surface area contributed by atoms with Crippen molar-refractivity contribution in [3.8, 4) is 0 Å². The molecular weight excluding hydrogens is 228 g/mol. The Balaban J connectivity index is 2.24. The summed E-state index contributed by atoms with van der Waals surface area (Å²) in [6.45, 7) is 9.04. The zero-order chi connectivity index (χ0) is 12.6. The summed E-state index contributed by atoms with van der Waals surface area (Å²) in [7, 11) is 0. The van der Waals surface area contributed by atoms with E-state index in [0.29, 0.717) is 11.8 Å². The van der Waals surface area contributed by atoms with Gasteiger partial charge in [-0.25, -0.2) is 0 Å². The maximum absolute atomic E-state index is 10.4. The molecule has 1 nitrogen and oxygen atoms in total. The second-order valence-electron chi connectivity index (χ2n) is 6.20. The van der Waals surface area contributed by atoms with Crippen LogP contribution in [0.4, 0.5) is 0 Å². The van der Waals surface area contributed by atoms with Crippen molar-refractivity contribution in [3.05, 3.63) is 21.9 Å². The minimum atomic E-state index is -0.131. The summed E-state index contributed by atoms with van der Waals surface area (Å²) < 4.78 is 0. The molecule has 1 aromatic heterocycles. The average molecular weight is 252 g/mol. The number of aliphatic hydroxyl groups excluding tert-OH is 1. The number of hydrogen-bond acceptors (Lipinski definition) is 2. The highest BCUT2D eigenvalue weighted by molar-refractivity contribution is 7.10. The molecule has 1 N–H and O–H groups in total. The van der Waals surface area contributed by atoms with Crippen LogP contribution in [0.1, 0.15) is 50.5 Å². The lowest BCUT2D eigenvalue weighted by atomic mass is 9.64. The van der Waals surface area contributed by atoms with Gasteiger partial charge in [-0.05, 0) is 54.0 Å². The molecule has 17 heavy (non-hydrogen) atoms. The first kappa shape index (κ1) is 13.1. The van der Waals surface area contributed by atoms with Gasteiger partial charge in [0, 0.05) is 4.88 Å². The van der Waals surface area contributed by atoms with Crippen LogP contribution >= 0.6 is 11.3 Å². The Kier molecular flexibility index (Phi) is 3.65. The zero-order valence-electron chi connectivity index (χ0n) is 11.4. The summed E-state index contributed by atoms with van der Waals surface area (Å²) in [4.78, 5) is 1.40. The van der Waals surface area contributed by atoms with Crippen LogP contribution in [-0.2, 0) is 5.41 Å².